The maximum Gasteiger partial charge on any atom is 0.407 e. The summed E-state index contributed by atoms with van der Waals surface area (Å²) in [7, 11) is 0. The van der Waals surface area contributed by atoms with Gasteiger partial charge in [0.2, 0.25) is 5.28 Å². The molecule has 1 atom stereocenters. The van der Waals surface area contributed by atoms with Crippen LogP contribution in [0.4, 0.5) is 4.79 Å². The van der Waals surface area contributed by atoms with Crippen LogP contribution in [0, 0.1) is 5.41 Å². The second-order valence-electron chi connectivity index (χ2n) is 8.39. The highest BCUT2D eigenvalue weighted by Crippen LogP contribution is 2.35. The fourth-order valence-electron chi connectivity index (χ4n) is 2.75. The molecule has 0 saturated carbocycles. The van der Waals surface area contributed by atoms with E-state index >= 15 is 0 Å². The molecule has 2 rings (SSSR count). The van der Waals surface area contributed by atoms with Crippen LogP contribution in [0.5, 0.6) is 0 Å². The van der Waals surface area contributed by atoms with Gasteiger partial charge in [-0.05, 0) is 43.9 Å². The van der Waals surface area contributed by atoms with Crippen LogP contribution in [0.3, 0.4) is 0 Å². The van der Waals surface area contributed by atoms with Crippen molar-refractivity contribution in [1.82, 2.24) is 19.9 Å². The molecule has 2 heterocycles. The van der Waals surface area contributed by atoms with Gasteiger partial charge < -0.3 is 19.7 Å². The van der Waals surface area contributed by atoms with E-state index in [4.69, 9.17) is 16.3 Å². The summed E-state index contributed by atoms with van der Waals surface area (Å²) < 4.78 is 6.87. The van der Waals surface area contributed by atoms with E-state index in [0.29, 0.717) is 11.0 Å². The molecule has 148 valence electrons. The normalized spacial score (nSPS) is 13.4. The summed E-state index contributed by atoms with van der Waals surface area (Å²) in [5, 5.41) is 13.0. The Morgan fingerprint density at radius 3 is 2.44 bits per heavy atom. The first kappa shape index (κ1) is 21.0. The Balaban J connectivity index is 2.48. The van der Waals surface area contributed by atoms with Gasteiger partial charge in [-0.3, -0.25) is 0 Å². The molecule has 0 radical (unpaired) electrons. The number of nitrogens with one attached hydrogen (secondary N) is 1. The van der Waals surface area contributed by atoms with Gasteiger partial charge in [-0.25, -0.2) is 14.6 Å². The van der Waals surface area contributed by atoms with E-state index in [9.17, 15) is 14.7 Å². The van der Waals surface area contributed by atoms with Crippen LogP contribution in [0.2, 0.25) is 5.28 Å². The van der Waals surface area contributed by atoms with Gasteiger partial charge in [0.15, 0.2) is 0 Å². The SMILES string of the molecule is CC(C)(C)OC(=O)NCC(n1c(C(=O)O)cc2cnc(Cl)nc21)C(C)(C)C. The minimum Gasteiger partial charge on any atom is -0.477 e. The third-order valence-corrected chi connectivity index (χ3v) is 4.10. The minimum atomic E-state index is -1.10. The molecule has 0 aliphatic carbocycles. The number of nitrogens with zero attached hydrogens (tertiary/aromatic N) is 3. The zero-order chi connectivity index (χ0) is 20.6. The highest BCUT2D eigenvalue weighted by molar-refractivity contribution is 6.28. The van der Waals surface area contributed by atoms with Crippen LogP contribution >= 0.6 is 11.6 Å². The molecule has 0 bridgehead atoms. The number of hydrogen-bond donors (Lipinski definition) is 2. The third kappa shape index (κ3) is 5.09. The number of ether oxygens (including phenoxy) is 1. The van der Waals surface area contributed by atoms with Gasteiger partial charge in [0.25, 0.3) is 0 Å². The third-order valence-electron chi connectivity index (χ3n) is 3.92. The summed E-state index contributed by atoms with van der Waals surface area (Å²) in [6.07, 6.45) is 0.909. The van der Waals surface area contributed by atoms with Crippen molar-refractivity contribution in [3.63, 3.8) is 0 Å². The number of carboxylic acids is 1. The lowest BCUT2D eigenvalue weighted by atomic mass is 9.86. The topological polar surface area (TPSA) is 106 Å². The van der Waals surface area contributed by atoms with Crippen molar-refractivity contribution in [2.45, 2.75) is 53.2 Å². The van der Waals surface area contributed by atoms with E-state index in [2.05, 4.69) is 15.3 Å². The highest BCUT2D eigenvalue weighted by atomic mass is 35.5. The molecule has 2 aromatic heterocycles. The standard InChI is InChI=1S/C18H25ClN4O4/c1-17(2,3)12(9-21-16(26)27-18(4,5)6)23-11(14(24)25)7-10-8-20-15(19)22-13(10)23/h7-8,12H,9H2,1-6H3,(H,21,26)(H,24,25). The van der Waals surface area contributed by atoms with Crippen molar-refractivity contribution >= 4 is 34.7 Å². The molecule has 8 nitrogen and oxygen atoms in total. The van der Waals surface area contributed by atoms with E-state index in [1.165, 1.54) is 12.3 Å². The van der Waals surface area contributed by atoms with Crippen LogP contribution in [-0.2, 0) is 4.74 Å². The lowest BCUT2D eigenvalue weighted by Gasteiger charge is -2.33. The van der Waals surface area contributed by atoms with Crippen molar-refractivity contribution < 1.29 is 19.4 Å². The molecule has 9 heteroatoms. The van der Waals surface area contributed by atoms with Gasteiger partial charge in [-0.15, -0.1) is 0 Å². The summed E-state index contributed by atoms with van der Waals surface area (Å²) in [5.74, 6) is -1.10. The molecule has 27 heavy (non-hydrogen) atoms. The number of carboxylic acid groups (broad SMARTS) is 1. The summed E-state index contributed by atoms with van der Waals surface area (Å²) in [6, 6.07) is 1.08. The molecule has 0 aliphatic heterocycles. The Kier molecular flexibility index (Phi) is 5.70. The number of rotatable bonds is 4. The fourth-order valence-corrected chi connectivity index (χ4v) is 2.88. The Morgan fingerprint density at radius 1 is 1.30 bits per heavy atom. The molecule has 2 N–H and O–H groups in total. The molecule has 1 amide bonds. The summed E-state index contributed by atoms with van der Waals surface area (Å²) in [4.78, 5) is 32.0. The van der Waals surface area contributed by atoms with Crippen LogP contribution in [-0.4, -0.2) is 43.8 Å². The average Bonchev–Trinajstić information content (AvgIpc) is 2.83. The van der Waals surface area contributed by atoms with Crippen LogP contribution in [0.25, 0.3) is 11.0 Å². The van der Waals surface area contributed by atoms with Crippen molar-refractivity contribution in [1.29, 1.82) is 0 Å². The van der Waals surface area contributed by atoms with Gasteiger partial charge in [0.05, 0.1) is 6.04 Å². The number of aromatic nitrogens is 3. The molecule has 0 aliphatic rings. The number of hydrogen-bond acceptors (Lipinski definition) is 5. The van der Waals surface area contributed by atoms with E-state index in [-0.39, 0.29) is 17.5 Å². The number of carbonyl (C=O) groups is 2. The van der Waals surface area contributed by atoms with E-state index in [1.54, 1.807) is 25.3 Å². The molecule has 1 unspecified atom stereocenters. The summed E-state index contributed by atoms with van der Waals surface area (Å²) in [6.45, 7) is 11.3. The first-order valence-corrected chi connectivity index (χ1v) is 8.91. The molecule has 0 saturated heterocycles. The number of fused-ring (bicyclic) bond motifs is 1. The van der Waals surface area contributed by atoms with Crippen molar-refractivity contribution in [2.75, 3.05) is 6.54 Å². The van der Waals surface area contributed by atoms with Gasteiger partial charge in [-0.2, -0.15) is 4.98 Å². The molecular formula is C18H25ClN4O4. The Labute approximate surface area is 162 Å². The van der Waals surface area contributed by atoms with E-state index in [0.717, 1.165) is 0 Å². The first-order chi connectivity index (χ1) is 12.3. The molecular weight excluding hydrogens is 372 g/mol. The second-order valence-corrected chi connectivity index (χ2v) is 8.73. The summed E-state index contributed by atoms with van der Waals surface area (Å²) >= 11 is 5.93. The first-order valence-electron chi connectivity index (χ1n) is 8.53. The Hall–Kier alpha value is -2.35. The van der Waals surface area contributed by atoms with Gasteiger partial charge in [0, 0.05) is 18.1 Å². The number of carbonyl (C=O) groups excluding carboxylic acids is 1. The number of halogens is 1. The molecule has 0 aromatic carbocycles. The number of aromatic carboxylic acids is 1. The molecule has 0 spiro atoms. The monoisotopic (exact) mass is 396 g/mol. The van der Waals surface area contributed by atoms with Crippen LogP contribution in [0.1, 0.15) is 58.1 Å². The lowest BCUT2D eigenvalue weighted by molar-refractivity contribution is 0.0508. The molecule has 0 fully saturated rings. The fraction of sp³-hybridized carbons (Fsp3) is 0.556. The van der Waals surface area contributed by atoms with Crippen molar-refractivity contribution in [3.05, 3.63) is 23.2 Å². The van der Waals surface area contributed by atoms with E-state index < -0.39 is 29.1 Å². The number of amides is 1. The maximum absolute atomic E-state index is 12.1. The summed E-state index contributed by atoms with van der Waals surface area (Å²) in [5.41, 5.74) is -0.581. The predicted octanol–water partition coefficient (Wildman–Crippen LogP) is 3.89. The predicted molar refractivity (Wildman–Crippen MR) is 102 cm³/mol. The zero-order valence-electron chi connectivity index (χ0n) is 16.3. The lowest BCUT2D eigenvalue weighted by Crippen LogP contribution is -2.40. The maximum atomic E-state index is 12.1. The van der Waals surface area contributed by atoms with Gasteiger partial charge >= 0.3 is 12.1 Å². The van der Waals surface area contributed by atoms with Crippen molar-refractivity contribution in [3.8, 4) is 0 Å². The second kappa shape index (κ2) is 7.34. The Bertz CT molecular complexity index is 865. The van der Waals surface area contributed by atoms with Crippen LogP contribution < -0.4 is 5.32 Å². The zero-order valence-corrected chi connectivity index (χ0v) is 17.1. The van der Waals surface area contributed by atoms with Crippen LogP contribution in [0.15, 0.2) is 12.3 Å². The quantitative estimate of drug-likeness (QED) is 0.759. The highest BCUT2D eigenvalue weighted by Gasteiger charge is 2.32. The molecule has 2 aromatic rings. The van der Waals surface area contributed by atoms with E-state index in [1.807, 2.05) is 20.8 Å². The van der Waals surface area contributed by atoms with Gasteiger partial charge in [-0.1, -0.05) is 20.8 Å². The Morgan fingerprint density at radius 2 is 1.93 bits per heavy atom. The largest absolute Gasteiger partial charge is 0.477 e. The van der Waals surface area contributed by atoms with Crippen molar-refractivity contribution in [2.24, 2.45) is 5.41 Å². The van der Waals surface area contributed by atoms with Gasteiger partial charge in [0.1, 0.15) is 16.9 Å². The smallest absolute Gasteiger partial charge is 0.407 e. The average molecular weight is 397 g/mol. The number of alkyl carbamates (subject to hydrolysis) is 1. The minimum absolute atomic E-state index is 0.0200.